The highest BCUT2D eigenvalue weighted by molar-refractivity contribution is 7.80. The molecule has 0 aliphatic heterocycles. The van der Waals surface area contributed by atoms with E-state index in [4.69, 9.17) is 14.0 Å². The molecular formula is C6H14O6S. The normalized spacial score (nSPS) is 15.8. The van der Waals surface area contributed by atoms with Crippen LogP contribution >= 0.6 is 0 Å². The van der Waals surface area contributed by atoms with Gasteiger partial charge in [0.15, 0.2) is 0 Å². The van der Waals surface area contributed by atoms with Crippen LogP contribution in [0.3, 0.4) is 0 Å². The molecule has 1 atom stereocenters. The fraction of sp³-hybridized carbons (Fsp3) is 1.00. The number of rotatable bonds is 5. The minimum atomic E-state index is -4.53. The summed E-state index contributed by atoms with van der Waals surface area (Å²) in [6.07, 6.45) is -1.19. The predicted octanol–water partition coefficient (Wildman–Crippen LogP) is 0.203. The number of hydrogen-bond donors (Lipinski definition) is 1. The van der Waals surface area contributed by atoms with Crippen molar-refractivity contribution in [2.75, 3.05) is 14.2 Å². The molecule has 0 aliphatic rings. The Hall–Kier alpha value is -0.210. The molecule has 0 bridgehead atoms. The van der Waals surface area contributed by atoms with E-state index in [1.54, 1.807) is 13.8 Å². The lowest BCUT2D eigenvalue weighted by Crippen LogP contribution is -2.42. The maximum Gasteiger partial charge on any atom is 0.399 e. The van der Waals surface area contributed by atoms with Gasteiger partial charge in [0.2, 0.25) is 6.29 Å². The highest BCUT2D eigenvalue weighted by Gasteiger charge is 2.34. The van der Waals surface area contributed by atoms with Crippen LogP contribution in [-0.2, 0) is 24.1 Å². The first kappa shape index (κ1) is 12.8. The Morgan fingerprint density at radius 3 is 2.00 bits per heavy atom. The lowest BCUT2D eigenvalue weighted by atomic mass is 10.1. The second-order valence-corrected chi connectivity index (χ2v) is 3.95. The Morgan fingerprint density at radius 1 is 1.31 bits per heavy atom. The number of hydrogen-bond acceptors (Lipinski definition) is 5. The molecule has 6 nitrogen and oxygen atoms in total. The third-order valence-electron chi connectivity index (χ3n) is 1.52. The third-order valence-corrected chi connectivity index (χ3v) is 1.93. The van der Waals surface area contributed by atoms with Crippen LogP contribution in [0.15, 0.2) is 0 Å². The summed E-state index contributed by atoms with van der Waals surface area (Å²) in [7, 11) is -1.91. The van der Waals surface area contributed by atoms with Gasteiger partial charge in [-0.1, -0.05) is 0 Å². The second-order valence-electron chi connectivity index (χ2n) is 2.90. The quantitative estimate of drug-likeness (QED) is 0.520. The average Bonchev–Trinajstić information content (AvgIpc) is 1.98. The Kier molecular flexibility index (Phi) is 4.27. The highest BCUT2D eigenvalue weighted by atomic mass is 32.3. The van der Waals surface area contributed by atoms with Crippen molar-refractivity contribution in [2.45, 2.75) is 25.7 Å². The van der Waals surface area contributed by atoms with E-state index in [0.29, 0.717) is 0 Å². The van der Waals surface area contributed by atoms with Crippen molar-refractivity contribution >= 4 is 10.4 Å². The maximum absolute atomic E-state index is 10.4. The van der Waals surface area contributed by atoms with Crippen LogP contribution < -0.4 is 0 Å². The molecule has 7 heteroatoms. The van der Waals surface area contributed by atoms with E-state index in [1.165, 1.54) is 14.2 Å². The van der Waals surface area contributed by atoms with Gasteiger partial charge in [-0.25, -0.2) is 4.18 Å². The van der Waals surface area contributed by atoms with Crippen molar-refractivity contribution in [1.29, 1.82) is 0 Å². The second kappa shape index (κ2) is 4.34. The molecular weight excluding hydrogens is 200 g/mol. The molecule has 1 N–H and O–H groups in total. The molecule has 80 valence electrons. The maximum atomic E-state index is 10.4. The van der Waals surface area contributed by atoms with Crippen LogP contribution in [0.25, 0.3) is 0 Å². The Balaban J connectivity index is 4.53. The standard InChI is InChI=1S/C6H14O6S/c1-6(2,11-4)5(10-3)12-13(7,8)9/h5H,1-4H3,(H,7,8,9). The van der Waals surface area contributed by atoms with Crippen LogP contribution in [0.2, 0.25) is 0 Å². The lowest BCUT2D eigenvalue weighted by Gasteiger charge is -2.29. The molecule has 0 aromatic heterocycles. The molecule has 0 spiro atoms. The van der Waals surface area contributed by atoms with Crippen molar-refractivity contribution in [3.05, 3.63) is 0 Å². The van der Waals surface area contributed by atoms with Gasteiger partial charge in [-0.15, -0.1) is 0 Å². The SMILES string of the molecule is COC(OS(=O)(=O)O)C(C)(C)OC. The molecule has 0 saturated heterocycles. The van der Waals surface area contributed by atoms with Gasteiger partial charge in [-0.2, -0.15) is 8.42 Å². The summed E-state index contributed by atoms with van der Waals surface area (Å²) in [4.78, 5) is 0. The van der Waals surface area contributed by atoms with Crippen molar-refractivity contribution < 1.29 is 26.6 Å². The van der Waals surface area contributed by atoms with Crippen LogP contribution in [0.1, 0.15) is 13.8 Å². The molecule has 0 saturated carbocycles. The molecule has 13 heavy (non-hydrogen) atoms. The fourth-order valence-corrected chi connectivity index (χ4v) is 1.18. The van der Waals surface area contributed by atoms with Gasteiger partial charge < -0.3 is 9.47 Å². The molecule has 0 heterocycles. The van der Waals surface area contributed by atoms with Crippen LogP contribution in [0, 0.1) is 0 Å². The van der Waals surface area contributed by atoms with Crippen molar-refractivity contribution in [3.8, 4) is 0 Å². The minimum Gasteiger partial charge on any atom is -0.373 e. The summed E-state index contributed by atoms with van der Waals surface area (Å²) in [6.45, 7) is 3.12. The van der Waals surface area contributed by atoms with Crippen LogP contribution in [0.4, 0.5) is 0 Å². The van der Waals surface area contributed by atoms with E-state index in [2.05, 4.69) is 4.18 Å². The smallest absolute Gasteiger partial charge is 0.373 e. The summed E-state index contributed by atoms with van der Waals surface area (Å²) in [6, 6.07) is 0. The van der Waals surface area contributed by atoms with Crippen LogP contribution in [0.5, 0.6) is 0 Å². The zero-order chi connectivity index (χ0) is 10.7. The highest BCUT2D eigenvalue weighted by Crippen LogP contribution is 2.18. The van der Waals surface area contributed by atoms with Gasteiger partial charge in [0.1, 0.15) is 5.60 Å². The minimum absolute atomic E-state index is 0.968. The van der Waals surface area contributed by atoms with E-state index in [0.717, 1.165) is 0 Å². The molecule has 0 aromatic carbocycles. The molecule has 0 fully saturated rings. The first-order chi connectivity index (χ1) is 5.73. The predicted molar refractivity (Wildman–Crippen MR) is 44.5 cm³/mol. The molecule has 1 unspecified atom stereocenters. The van der Waals surface area contributed by atoms with Gasteiger partial charge in [0, 0.05) is 14.2 Å². The zero-order valence-electron chi connectivity index (χ0n) is 7.97. The third kappa shape index (κ3) is 4.53. The van der Waals surface area contributed by atoms with Gasteiger partial charge in [-0.05, 0) is 13.8 Å². The summed E-state index contributed by atoms with van der Waals surface area (Å²) >= 11 is 0. The van der Waals surface area contributed by atoms with E-state index < -0.39 is 22.3 Å². The summed E-state index contributed by atoms with van der Waals surface area (Å²) in [5.41, 5.74) is -0.968. The Morgan fingerprint density at radius 2 is 1.77 bits per heavy atom. The average molecular weight is 214 g/mol. The first-order valence-corrected chi connectivity index (χ1v) is 4.83. The monoisotopic (exact) mass is 214 g/mol. The van der Waals surface area contributed by atoms with Crippen molar-refractivity contribution in [1.82, 2.24) is 0 Å². The van der Waals surface area contributed by atoms with Gasteiger partial charge >= 0.3 is 10.4 Å². The van der Waals surface area contributed by atoms with Gasteiger partial charge in [0.25, 0.3) is 0 Å². The largest absolute Gasteiger partial charge is 0.399 e. The molecule has 0 rings (SSSR count). The Labute approximate surface area is 77.7 Å². The lowest BCUT2D eigenvalue weighted by molar-refractivity contribution is -0.182. The topological polar surface area (TPSA) is 82.1 Å². The number of methoxy groups -OCH3 is 2. The van der Waals surface area contributed by atoms with Crippen molar-refractivity contribution in [3.63, 3.8) is 0 Å². The zero-order valence-corrected chi connectivity index (χ0v) is 8.79. The van der Waals surface area contributed by atoms with Crippen LogP contribution in [-0.4, -0.2) is 39.1 Å². The number of ether oxygens (including phenoxy) is 2. The molecule has 0 aromatic rings. The van der Waals surface area contributed by atoms with E-state index >= 15 is 0 Å². The van der Waals surface area contributed by atoms with Gasteiger partial charge in [-0.3, -0.25) is 4.55 Å². The van der Waals surface area contributed by atoms with Gasteiger partial charge in [0.05, 0.1) is 0 Å². The molecule has 0 radical (unpaired) electrons. The van der Waals surface area contributed by atoms with Crippen molar-refractivity contribution in [2.24, 2.45) is 0 Å². The summed E-state index contributed by atoms with van der Waals surface area (Å²) < 4.78 is 42.9. The van der Waals surface area contributed by atoms with E-state index in [9.17, 15) is 8.42 Å². The van der Waals surface area contributed by atoms with E-state index in [1.807, 2.05) is 0 Å². The molecule has 0 amide bonds. The molecule has 0 aliphatic carbocycles. The summed E-state index contributed by atoms with van der Waals surface area (Å²) in [5, 5.41) is 0. The fourth-order valence-electron chi connectivity index (χ4n) is 0.646. The first-order valence-electron chi connectivity index (χ1n) is 3.46. The Bertz CT molecular complexity index is 244. The van der Waals surface area contributed by atoms with E-state index in [-0.39, 0.29) is 0 Å². The summed E-state index contributed by atoms with van der Waals surface area (Å²) in [5.74, 6) is 0.